The molecule has 0 aliphatic heterocycles. The molecule has 3 nitrogen and oxygen atoms in total. The Bertz CT molecular complexity index is 715. The Kier molecular flexibility index (Phi) is 5.60. The summed E-state index contributed by atoms with van der Waals surface area (Å²) in [4.78, 5) is 0.270. The van der Waals surface area contributed by atoms with Crippen LogP contribution in [0.1, 0.15) is 24.1 Å². The first-order chi connectivity index (χ1) is 9.94. The Labute approximate surface area is 142 Å². The lowest BCUT2D eigenvalue weighted by atomic mass is 10.1. The Balaban J connectivity index is 2.22. The van der Waals surface area contributed by atoms with Gasteiger partial charge in [0.2, 0.25) is 10.0 Å². The highest BCUT2D eigenvalue weighted by Crippen LogP contribution is 2.24. The molecule has 2 aromatic rings. The summed E-state index contributed by atoms with van der Waals surface area (Å²) in [7, 11) is -3.54. The molecule has 0 aromatic heterocycles. The highest BCUT2D eigenvalue weighted by atomic mass is 79.9. The molecule has 112 valence electrons. The van der Waals surface area contributed by atoms with Crippen LogP contribution in [0.25, 0.3) is 0 Å². The summed E-state index contributed by atoms with van der Waals surface area (Å²) in [6.07, 6.45) is 0. The summed E-state index contributed by atoms with van der Waals surface area (Å²) in [5.74, 6) is 0. The van der Waals surface area contributed by atoms with Crippen LogP contribution in [0.15, 0.2) is 57.9 Å². The topological polar surface area (TPSA) is 46.2 Å². The molecular formula is C15H15Br2NO2S. The SMILES string of the molecule is CC(NS(=O)(=O)c1ccc(CBr)cc1)c1ccccc1Br. The van der Waals surface area contributed by atoms with Crippen LogP contribution in [0.3, 0.4) is 0 Å². The largest absolute Gasteiger partial charge is 0.241 e. The number of sulfonamides is 1. The minimum Gasteiger partial charge on any atom is -0.207 e. The van der Waals surface area contributed by atoms with Crippen LogP contribution in [0.2, 0.25) is 0 Å². The van der Waals surface area contributed by atoms with Crippen molar-refractivity contribution >= 4 is 41.9 Å². The maximum Gasteiger partial charge on any atom is 0.241 e. The van der Waals surface area contributed by atoms with E-state index in [-0.39, 0.29) is 10.9 Å². The van der Waals surface area contributed by atoms with Crippen molar-refractivity contribution in [3.8, 4) is 0 Å². The van der Waals surface area contributed by atoms with Gasteiger partial charge in [-0.3, -0.25) is 0 Å². The molecular weight excluding hydrogens is 418 g/mol. The smallest absolute Gasteiger partial charge is 0.207 e. The van der Waals surface area contributed by atoms with Crippen molar-refractivity contribution in [2.24, 2.45) is 0 Å². The summed E-state index contributed by atoms with van der Waals surface area (Å²) in [6, 6.07) is 14.1. The van der Waals surface area contributed by atoms with E-state index in [0.29, 0.717) is 5.33 Å². The van der Waals surface area contributed by atoms with E-state index in [1.165, 1.54) is 0 Å². The number of hydrogen-bond donors (Lipinski definition) is 1. The second-order valence-corrected chi connectivity index (χ2v) is 7.77. The number of benzene rings is 2. The van der Waals surface area contributed by atoms with Gasteiger partial charge in [0.15, 0.2) is 0 Å². The average molecular weight is 433 g/mol. The Morgan fingerprint density at radius 2 is 1.71 bits per heavy atom. The summed E-state index contributed by atoms with van der Waals surface area (Å²) >= 11 is 6.78. The van der Waals surface area contributed by atoms with Crippen LogP contribution in [0.4, 0.5) is 0 Å². The molecule has 6 heteroatoms. The fourth-order valence-corrected chi connectivity index (χ4v) is 4.17. The first kappa shape index (κ1) is 16.7. The van der Waals surface area contributed by atoms with Crippen molar-refractivity contribution in [1.29, 1.82) is 0 Å². The standard InChI is InChI=1S/C15H15Br2NO2S/c1-11(14-4-2-3-5-15(14)17)18-21(19,20)13-8-6-12(10-16)7-9-13/h2-9,11,18H,10H2,1H3. The van der Waals surface area contributed by atoms with E-state index in [4.69, 9.17) is 0 Å². The Morgan fingerprint density at radius 1 is 1.10 bits per heavy atom. The molecule has 0 spiro atoms. The lowest BCUT2D eigenvalue weighted by molar-refractivity contribution is 0.566. The highest BCUT2D eigenvalue weighted by Gasteiger charge is 2.19. The number of rotatable bonds is 5. The van der Waals surface area contributed by atoms with E-state index in [0.717, 1.165) is 15.6 Å². The fourth-order valence-electron chi connectivity index (χ4n) is 1.95. The predicted octanol–water partition coefficient (Wildman–Crippen LogP) is 4.38. The van der Waals surface area contributed by atoms with Crippen molar-refractivity contribution in [3.05, 3.63) is 64.1 Å². The van der Waals surface area contributed by atoms with Crippen molar-refractivity contribution in [3.63, 3.8) is 0 Å². The molecule has 0 saturated carbocycles. The van der Waals surface area contributed by atoms with Gasteiger partial charge >= 0.3 is 0 Å². The molecule has 0 aliphatic carbocycles. The van der Waals surface area contributed by atoms with Gasteiger partial charge in [0, 0.05) is 15.8 Å². The number of alkyl halides is 1. The predicted molar refractivity (Wildman–Crippen MR) is 92.0 cm³/mol. The number of halogens is 2. The normalized spacial score (nSPS) is 13.1. The van der Waals surface area contributed by atoms with Gasteiger partial charge in [-0.2, -0.15) is 0 Å². The van der Waals surface area contributed by atoms with E-state index in [1.54, 1.807) is 24.3 Å². The average Bonchev–Trinajstić information content (AvgIpc) is 2.47. The zero-order valence-electron chi connectivity index (χ0n) is 11.4. The van der Waals surface area contributed by atoms with Crippen molar-refractivity contribution < 1.29 is 8.42 Å². The Hall–Kier alpha value is -0.690. The van der Waals surface area contributed by atoms with Crippen LogP contribution < -0.4 is 4.72 Å². The lowest BCUT2D eigenvalue weighted by Gasteiger charge is -2.16. The Morgan fingerprint density at radius 3 is 2.29 bits per heavy atom. The van der Waals surface area contributed by atoms with E-state index in [9.17, 15) is 8.42 Å². The zero-order valence-corrected chi connectivity index (χ0v) is 15.4. The minimum atomic E-state index is -3.54. The third-order valence-corrected chi connectivity index (χ3v) is 6.02. The van der Waals surface area contributed by atoms with Gasteiger partial charge in [0.25, 0.3) is 0 Å². The maximum absolute atomic E-state index is 12.4. The number of nitrogens with one attached hydrogen (secondary N) is 1. The molecule has 2 aromatic carbocycles. The van der Waals surface area contributed by atoms with Gasteiger partial charge in [-0.05, 0) is 36.2 Å². The molecule has 0 saturated heterocycles. The first-order valence-corrected chi connectivity index (χ1v) is 9.75. The molecule has 2 rings (SSSR count). The van der Waals surface area contributed by atoms with Gasteiger partial charge in [-0.15, -0.1) is 0 Å². The quantitative estimate of drug-likeness (QED) is 0.712. The van der Waals surface area contributed by atoms with Gasteiger partial charge in [-0.1, -0.05) is 62.2 Å². The molecule has 1 atom stereocenters. The summed E-state index contributed by atoms with van der Waals surface area (Å²) in [6.45, 7) is 1.82. The molecule has 0 aliphatic rings. The molecule has 0 radical (unpaired) electrons. The third kappa shape index (κ3) is 4.16. The van der Waals surface area contributed by atoms with Crippen molar-refractivity contribution in [2.45, 2.75) is 23.2 Å². The summed E-state index contributed by atoms with van der Waals surface area (Å²) < 4.78 is 28.4. The molecule has 1 unspecified atom stereocenters. The van der Waals surface area contributed by atoms with E-state index in [1.807, 2.05) is 31.2 Å². The second-order valence-electron chi connectivity index (χ2n) is 4.64. The molecule has 0 heterocycles. The fraction of sp³-hybridized carbons (Fsp3) is 0.200. The monoisotopic (exact) mass is 431 g/mol. The van der Waals surface area contributed by atoms with Gasteiger partial charge in [0.1, 0.15) is 0 Å². The molecule has 0 fully saturated rings. The van der Waals surface area contributed by atoms with Crippen LogP contribution in [-0.2, 0) is 15.4 Å². The third-order valence-electron chi connectivity index (χ3n) is 3.09. The van der Waals surface area contributed by atoms with E-state index < -0.39 is 10.0 Å². The van der Waals surface area contributed by atoms with Crippen LogP contribution in [0.5, 0.6) is 0 Å². The maximum atomic E-state index is 12.4. The lowest BCUT2D eigenvalue weighted by Crippen LogP contribution is -2.27. The van der Waals surface area contributed by atoms with Crippen LogP contribution >= 0.6 is 31.9 Å². The van der Waals surface area contributed by atoms with Crippen LogP contribution in [-0.4, -0.2) is 8.42 Å². The van der Waals surface area contributed by atoms with Crippen molar-refractivity contribution in [2.75, 3.05) is 0 Å². The van der Waals surface area contributed by atoms with Crippen LogP contribution in [0, 0.1) is 0 Å². The summed E-state index contributed by atoms with van der Waals surface area (Å²) in [5, 5.41) is 0.703. The molecule has 1 N–H and O–H groups in total. The number of hydrogen-bond acceptors (Lipinski definition) is 2. The van der Waals surface area contributed by atoms with E-state index >= 15 is 0 Å². The van der Waals surface area contributed by atoms with Gasteiger partial charge in [0.05, 0.1) is 4.90 Å². The molecule has 0 bridgehead atoms. The van der Waals surface area contributed by atoms with E-state index in [2.05, 4.69) is 36.6 Å². The molecule has 21 heavy (non-hydrogen) atoms. The zero-order chi connectivity index (χ0) is 15.5. The molecule has 0 amide bonds. The highest BCUT2D eigenvalue weighted by molar-refractivity contribution is 9.10. The van der Waals surface area contributed by atoms with Gasteiger partial charge < -0.3 is 0 Å². The summed E-state index contributed by atoms with van der Waals surface area (Å²) in [5.41, 5.74) is 1.94. The van der Waals surface area contributed by atoms with Gasteiger partial charge in [-0.25, -0.2) is 13.1 Å². The minimum absolute atomic E-state index is 0.270. The van der Waals surface area contributed by atoms with Crippen molar-refractivity contribution in [1.82, 2.24) is 4.72 Å². The first-order valence-electron chi connectivity index (χ1n) is 6.35. The second kappa shape index (κ2) is 7.05.